The molecule has 8 nitrogen and oxygen atoms in total. The van der Waals surface area contributed by atoms with Gasteiger partial charge in [-0.3, -0.25) is 13.9 Å². The van der Waals surface area contributed by atoms with E-state index < -0.39 is 16.1 Å². The average Bonchev–Trinajstić information content (AvgIpc) is 2.86. The zero-order valence-electron chi connectivity index (χ0n) is 21.9. The Morgan fingerprint density at radius 3 is 2.19 bits per heavy atom. The molecule has 9 heteroatoms. The van der Waals surface area contributed by atoms with Crippen molar-refractivity contribution >= 4 is 27.5 Å². The number of carbonyl (C=O) groups is 2. The van der Waals surface area contributed by atoms with Crippen molar-refractivity contribution in [2.24, 2.45) is 0 Å². The number of carbonyl (C=O) groups excluding carboxylic acids is 2. The molecule has 0 aliphatic heterocycles. The molecule has 2 aromatic rings. The van der Waals surface area contributed by atoms with E-state index in [0.29, 0.717) is 30.8 Å². The summed E-state index contributed by atoms with van der Waals surface area (Å²) in [4.78, 5) is 27.7. The maximum atomic E-state index is 13.3. The molecular formula is C27H39N3O5S. The largest absolute Gasteiger partial charge is 0.497 e. The summed E-state index contributed by atoms with van der Waals surface area (Å²) < 4.78 is 31.3. The molecular weight excluding hydrogens is 478 g/mol. The summed E-state index contributed by atoms with van der Waals surface area (Å²) >= 11 is 0. The van der Waals surface area contributed by atoms with Crippen molar-refractivity contribution < 1.29 is 22.7 Å². The number of hydrogen-bond acceptors (Lipinski definition) is 5. The molecule has 0 aliphatic rings. The molecule has 0 spiro atoms. The molecule has 198 valence electrons. The van der Waals surface area contributed by atoms with E-state index in [4.69, 9.17) is 4.74 Å². The normalized spacial score (nSPS) is 12.9. The van der Waals surface area contributed by atoms with Crippen LogP contribution in [0.15, 0.2) is 54.6 Å². The first-order valence-corrected chi connectivity index (χ1v) is 14.2. The summed E-state index contributed by atoms with van der Waals surface area (Å²) in [7, 11) is -2.00. The van der Waals surface area contributed by atoms with Crippen LogP contribution in [0.5, 0.6) is 5.75 Å². The fourth-order valence-electron chi connectivity index (χ4n) is 3.79. The number of anilines is 1. The van der Waals surface area contributed by atoms with Crippen LogP contribution in [-0.2, 0) is 26.0 Å². The Bertz CT molecular complexity index is 1070. The second-order valence-corrected chi connectivity index (χ2v) is 10.9. The Morgan fingerprint density at radius 1 is 1.00 bits per heavy atom. The van der Waals surface area contributed by atoms with Crippen molar-refractivity contribution in [3.8, 4) is 5.75 Å². The second kappa shape index (κ2) is 13.9. The van der Waals surface area contributed by atoms with E-state index in [1.54, 1.807) is 43.2 Å². The second-order valence-electron chi connectivity index (χ2n) is 8.95. The first-order chi connectivity index (χ1) is 17.1. The molecule has 0 aliphatic carbocycles. The lowest BCUT2D eigenvalue weighted by molar-refractivity contribution is -0.140. The smallest absolute Gasteiger partial charge is 0.242 e. The molecule has 2 atom stereocenters. The van der Waals surface area contributed by atoms with Crippen LogP contribution in [0.3, 0.4) is 0 Å². The van der Waals surface area contributed by atoms with Crippen LogP contribution in [0.1, 0.15) is 45.6 Å². The van der Waals surface area contributed by atoms with Gasteiger partial charge in [0.15, 0.2) is 0 Å². The van der Waals surface area contributed by atoms with E-state index >= 15 is 0 Å². The molecule has 2 amide bonds. The molecule has 0 fully saturated rings. The number of methoxy groups -OCH3 is 1. The minimum atomic E-state index is -3.54. The van der Waals surface area contributed by atoms with Crippen LogP contribution < -0.4 is 14.4 Å². The summed E-state index contributed by atoms with van der Waals surface area (Å²) in [6.07, 6.45) is 3.00. The van der Waals surface area contributed by atoms with Gasteiger partial charge < -0.3 is 15.0 Å². The lowest BCUT2D eigenvalue weighted by Crippen LogP contribution is -2.50. The molecule has 0 radical (unpaired) electrons. The van der Waals surface area contributed by atoms with E-state index in [1.807, 2.05) is 44.2 Å². The molecule has 1 N–H and O–H groups in total. The monoisotopic (exact) mass is 517 g/mol. The molecule has 0 bridgehead atoms. The fraction of sp³-hybridized carbons (Fsp3) is 0.481. The SMILES string of the molecule is CC[C@@H](C)NC(=O)[C@@H](C)N(CCc1ccccc1)C(=O)CCCN(c1ccc(OC)cc1)S(C)(=O)=O. The van der Waals surface area contributed by atoms with Gasteiger partial charge in [-0.15, -0.1) is 0 Å². The summed E-state index contributed by atoms with van der Waals surface area (Å²) in [6.45, 7) is 6.20. The Morgan fingerprint density at radius 2 is 1.64 bits per heavy atom. The van der Waals surface area contributed by atoms with Gasteiger partial charge in [-0.25, -0.2) is 8.42 Å². The summed E-state index contributed by atoms with van der Waals surface area (Å²) in [5.74, 6) is 0.253. The lowest BCUT2D eigenvalue weighted by atomic mass is 10.1. The minimum absolute atomic E-state index is 0.0128. The Balaban J connectivity index is 2.11. The van der Waals surface area contributed by atoms with Crippen LogP contribution in [0, 0.1) is 0 Å². The first kappa shape index (κ1) is 29.2. The molecule has 0 saturated heterocycles. The first-order valence-electron chi connectivity index (χ1n) is 12.3. The van der Waals surface area contributed by atoms with E-state index in [9.17, 15) is 18.0 Å². The topological polar surface area (TPSA) is 96.0 Å². The summed E-state index contributed by atoms with van der Waals surface area (Å²) in [5, 5.41) is 2.96. The van der Waals surface area contributed by atoms with Gasteiger partial charge in [-0.05, 0) is 62.9 Å². The minimum Gasteiger partial charge on any atom is -0.497 e. The van der Waals surface area contributed by atoms with Crippen molar-refractivity contribution in [2.45, 2.75) is 58.5 Å². The van der Waals surface area contributed by atoms with Gasteiger partial charge >= 0.3 is 0 Å². The van der Waals surface area contributed by atoms with Crippen molar-refractivity contribution in [3.05, 3.63) is 60.2 Å². The van der Waals surface area contributed by atoms with E-state index in [-0.39, 0.29) is 30.8 Å². The number of ether oxygens (including phenoxy) is 1. The van der Waals surface area contributed by atoms with Crippen molar-refractivity contribution in [1.82, 2.24) is 10.2 Å². The predicted molar refractivity (Wildman–Crippen MR) is 144 cm³/mol. The number of rotatable bonds is 14. The fourth-order valence-corrected chi connectivity index (χ4v) is 4.75. The zero-order chi connectivity index (χ0) is 26.7. The van der Waals surface area contributed by atoms with E-state index in [0.717, 1.165) is 18.2 Å². The van der Waals surface area contributed by atoms with Gasteiger partial charge in [0.05, 0.1) is 19.1 Å². The highest BCUT2D eigenvalue weighted by Gasteiger charge is 2.27. The van der Waals surface area contributed by atoms with Gasteiger partial charge in [0, 0.05) is 25.6 Å². The molecule has 0 unspecified atom stereocenters. The Kier molecular flexibility index (Phi) is 11.2. The number of hydrogen-bond donors (Lipinski definition) is 1. The summed E-state index contributed by atoms with van der Waals surface area (Å²) in [6, 6.07) is 15.9. The molecule has 36 heavy (non-hydrogen) atoms. The third-order valence-electron chi connectivity index (χ3n) is 6.17. The molecule has 0 aromatic heterocycles. The van der Waals surface area contributed by atoms with Crippen molar-refractivity contribution in [2.75, 3.05) is 30.8 Å². The zero-order valence-corrected chi connectivity index (χ0v) is 22.8. The highest BCUT2D eigenvalue weighted by Crippen LogP contribution is 2.22. The number of amides is 2. The number of nitrogens with zero attached hydrogens (tertiary/aromatic N) is 2. The van der Waals surface area contributed by atoms with Gasteiger partial charge in [0.1, 0.15) is 11.8 Å². The van der Waals surface area contributed by atoms with Gasteiger partial charge in [-0.1, -0.05) is 37.3 Å². The molecule has 0 saturated carbocycles. The van der Waals surface area contributed by atoms with Crippen molar-refractivity contribution in [3.63, 3.8) is 0 Å². The van der Waals surface area contributed by atoms with Crippen LogP contribution >= 0.6 is 0 Å². The van der Waals surface area contributed by atoms with Crippen LogP contribution in [-0.4, -0.2) is 63.7 Å². The standard InChI is InChI=1S/C27H39N3O5S/c1-6-21(2)28-27(32)22(3)29(20-18-23-11-8-7-9-12-23)26(31)13-10-19-30(36(5,33)34)24-14-16-25(35-4)17-15-24/h7-9,11-12,14-17,21-22H,6,10,13,18-20H2,1-5H3,(H,28,32)/t21-,22-/m1/s1. The molecule has 2 aromatic carbocycles. The summed E-state index contributed by atoms with van der Waals surface area (Å²) in [5.41, 5.74) is 1.58. The van der Waals surface area contributed by atoms with Gasteiger partial charge in [0.2, 0.25) is 21.8 Å². The number of benzene rings is 2. The number of sulfonamides is 1. The third kappa shape index (κ3) is 8.86. The molecule has 0 heterocycles. The van der Waals surface area contributed by atoms with Crippen molar-refractivity contribution in [1.29, 1.82) is 0 Å². The number of nitrogens with one attached hydrogen (secondary N) is 1. The third-order valence-corrected chi connectivity index (χ3v) is 7.36. The van der Waals surface area contributed by atoms with E-state index in [2.05, 4.69) is 5.32 Å². The van der Waals surface area contributed by atoms with Gasteiger partial charge in [0.25, 0.3) is 0 Å². The Hall–Kier alpha value is -3.07. The highest BCUT2D eigenvalue weighted by atomic mass is 32.2. The molecule has 2 rings (SSSR count). The predicted octanol–water partition coefficient (Wildman–Crippen LogP) is 3.62. The quantitative estimate of drug-likeness (QED) is 0.413. The van der Waals surface area contributed by atoms with Crippen LogP contribution in [0.4, 0.5) is 5.69 Å². The average molecular weight is 518 g/mol. The highest BCUT2D eigenvalue weighted by molar-refractivity contribution is 7.92. The van der Waals surface area contributed by atoms with Gasteiger partial charge in [-0.2, -0.15) is 0 Å². The van der Waals surface area contributed by atoms with E-state index in [1.165, 1.54) is 4.31 Å². The Labute approximate surface area is 215 Å². The maximum Gasteiger partial charge on any atom is 0.242 e. The van der Waals surface area contributed by atoms with Crippen LogP contribution in [0.25, 0.3) is 0 Å². The van der Waals surface area contributed by atoms with Crippen LogP contribution in [0.2, 0.25) is 0 Å². The maximum absolute atomic E-state index is 13.3. The lowest BCUT2D eigenvalue weighted by Gasteiger charge is -2.30.